The number of nitrogens with zero attached hydrogens (tertiary/aromatic N) is 1. The summed E-state index contributed by atoms with van der Waals surface area (Å²) in [5.74, 6) is -0.445. The maximum atomic E-state index is 13.2. The first-order chi connectivity index (χ1) is 13.9. The first kappa shape index (κ1) is 21.8. The van der Waals surface area contributed by atoms with Crippen molar-refractivity contribution in [2.45, 2.75) is 19.1 Å². The zero-order valence-corrected chi connectivity index (χ0v) is 15.6. The van der Waals surface area contributed by atoms with Crippen molar-refractivity contribution in [2.75, 3.05) is 0 Å². The average molecular weight is 448 g/mol. The molecule has 1 heterocycles. The molecule has 0 aliphatic heterocycles. The Bertz CT molecular complexity index is 1120. The van der Waals surface area contributed by atoms with Crippen LogP contribution < -0.4 is 10.2 Å². The van der Waals surface area contributed by atoms with Crippen molar-refractivity contribution < 1.29 is 31.1 Å². The first-order valence-electron chi connectivity index (χ1n) is 8.35. The summed E-state index contributed by atoms with van der Waals surface area (Å²) in [6, 6.07) is 10.7. The predicted molar refractivity (Wildman–Crippen MR) is 98.4 cm³/mol. The van der Waals surface area contributed by atoms with Gasteiger partial charge in [-0.25, -0.2) is 0 Å². The van der Waals surface area contributed by atoms with Gasteiger partial charge in [-0.15, -0.1) is 13.2 Å². The third kappa shape index (κ3) is 5.15. The second-order valence-electron chi connectivity index (χ2n) is 6.24. The number of ether oxygens (including phenoxy) is 1. The van der Waals surface area contributed by atoms with Crippen LogP contribution in [0.15, 0.2) is 65.6 Å². The third-order valence-corrected chi connectivity index (χ3v) is 4.48. The van der Waals surface area contributed by atoms with Crippen molar-refractivity contribution >= 4 is 11.6 Å². The minimum absolute atomic E-state index is 0.0353. The fraction of sp³-hybridized carbons (Fsp3) is 0.150. The first-order valence-corrected chi connectivity index (χ1v) is 8.73. The lowest BCUT2D eigenvalue weighted by Crippen LogP contribution is -2.17. The SMILES string of the molecule is O=c1ccn(Cc2cccc(OC(F)(F)F)c2)c(-c2cccc(C(F)(F)F)c2Cl)c1. The normalized spacial score (nSPS) is 12.1. The maximum absolute atomic E-state index is 13.2. The summed E-state index contributed by atoms with van der Waals surface area (Å²) in [7, 11) is 0. The molecular weight excluding hydrogens is 436 g/mol. The maximum Gasteiger partial charge on any atom is 0.573 e. The van der Waals surface area contributed by atoms with Crippen molar-refractivity contribution in [2.24, 2.45) is 0 Å². The molecule has 3 rings (SSSR count). The fourth-order valence-corrected chi connectivity index (χ4v) is 3.20. The van der Waals surface area contributed by atoms with Crippen LogP contribution >= 0.6 is 11.6 Å². The van der Waals surface area contributed by atoms with Crippen molar-refractivity contribution in [3.8, 4) is 17.0 Å². The van der Waals surface area contributed by atoms with Crippen LogP contribution in [0.1, 0.15) is 11.1 Å². The number of hydrogen-bond donors (Lipinski definition) is 0. The molecule has 158 valence electrons. The van der Waals surface area contributed by atoms with E-state index in [1.54, 1.807) is 0 Å². The molecule has 0 bridgehead atoms. The summed E-state index contributed by atoms with van der Waals surface area (Å²) in [6.07, 6.45) is -8.24. The summed E-state index contributed by atoms with van der Waals surface area (Å²) in [5, 5.41) is -0.585. The van der Waals surface area contributed by atoms with E-state index in [4.69, 9.17) is 11.6 Å². The van der Waals surface area contributed by atoms with E-state index in [1.807, 2.05) is 0 Å². The van der Waals surface area contributed by atoms with Crippen molar-refractivity contribution in [1.82, 2.24) is 4.57 Å². The van der Waals surface area contributed by atoms with Gasteiger partial charge in [-0.05, 0) is 23.8 Å². The largest absolute Gasteiger partial charge is 0.573 e. The zero-order chi connectivity index (χ0) is 22.1. The lowest BCUT2D eigenvalue weighted by molar-refractivity contribution is -0.274. The summed E-state index contributed by atoms with van der Waals surface area (Å²) in [6.45, 7) is -0.0444. The average Bonchev–Trinajstić information content (AvgIpc) is 2.61. The van der Waals surface area contributed by atoms with E-state index in [2.05, 4.69) is 4.74 Å². The highest BCUT2D eigenvalue weighted by atomic mass is 35.5. The van der Waals surface area contributed by atoms with Crippen LogP contribution in [0.2, 0.25) is 5.02 Å². The van der Waals surface area contributed by atoms with Gasteiger partial charge in [-0.3, -0.25) is 4.79 Å². The molecule has 0 spiro atoms. The van der Waals surface area contributed by atoms with E-state index < -0.39 is 34.3 Å². The van der Waals surface area contributed by atoms with Gasteiger partial charge >= 0.3 is 12.5 Å². The number of alkyl halides is 6. The Labute approximate surface area is 171 Å². The van der Waals surface area contributed by atoms with Crippen LogP contribution in [0, 0.1) is 0 Å². The van der Waals surface area contributed by atoms with Crippen LogP contribution in [0.4, 0.5) is 26.3 Å². The molecule has 0 fully saturated rings. The number of halogens is 7. The Hall–Kier alpha value is -2.94. The van der Waals surface area contributed by atoms with Crippen molar-refractivity contribution in [3.63, 3.8) is 0 Å². The van der Waals surface area contributed by atoms with Crippen LogP contribution in [0.3, 0.4) is 0 Å². The quantitative estimate of drug-likeness (QED) is 0.450. The number of pyridine rings is 1. The van der Waals surface area contributed by atoms with E-state index >= 15 is 0 Å². The summed E-state index contributed by atoms with van der Waals surface area (Å²) in [4.78, 5) is 11.8. The fourth-order valence-electron chi connectivity index (χ4n) is 2.87. The molecule has 30 heavy (non-hydrogen) atoms. The molecule has 0 unspecified atom stereocenters. The second-order valence-corrected chi connectivity index (χ2v) is 6.61. The highest BCUT2D eigenvalue weighted by molar-refractivity contribution is 6.34. The highest BCUT2D eigenvalue weighted by Crippen LogP contribution is 2.39. The Morgan fingerprint density at radius 3 is 2.30 bits per heavy atom. The minimum atomic E-state index is -4.87. The van der Waals surface area contributed by atoms with Crippen molar-refractivity contribution in [1.29, 1.82) is 0 Å². The van der Waals surface area contributed by atoms with Gasteiger partial charge in [0.05, 0.1) is 16.3 Å². The lowest BCUT2D eigenvalue weighted by Gasteiger charge is -2.17. The zero-order valence-electron chi connectivity index (χ0n) is 14.9. The number of hydrogen-bond acceptors (Lipinski definition) is 2. The Morgan fingerprint density at radius 2 is 1.63 bits per heavy atom. The van der Waals surface area contributed by atoms with Crippen LogP contribution in [-0.2, 0) is 12.7 Å². The van der Waals surface area contributed by atoms with Crippen molar-refractivity contribution in [3.05, 3.63) is 87.2 Å². The molecule has 0 radical (unpaired) electrons. The minimum Gasteiger partial charge on any atom is -0.406 e. The molecule has 0 aliphatic carbocycles. The lowest BCUT2D eigenvalue weighted by atomic mass is 10.1. The Morgan fingerprint density at radius 1 is 0.933 bits per heavy atom. The standard InChI is InChI=1S/C20H12ClF6NO2/c21-18-15(5-2-6-16(18)19(22,23)24)17-10-13(29)7-8-28(17)11-12-3-1-4-14(9-12)30-20(25,26)27/h1-10H,11H2. The third-order valence-electron chi connectivity index (χ3n) is 4.07. The Balaban J connectivity index is 2.05. The molecule has 3 nitrogen and oxygen atoms in total. The van der Waals surface area contributed by atoms with Gasteiger partial charge in [-0.1, -0.05) is 35.9 Å². The van der Waals surface area contributed by atoms with Gasteiger partial charge in [0, 0.05) is 30.4 Å². The van der Waals surface area contributed by atoms with E-state index in [9.17, 15) is 31.1 Å². The monoisotopic (exact) mass is 447 g/mol. The molecule has 2 aromatic carbocycles. The summed E-state index contributed by atoms with van der Waals surface area (Å²) < 4.78 is 82.2. The van der Waals surface area contributed by atoms with E-state index in [0.29, 0.717) is 5.56 Å². The van der Waals surface area contributed by atoms with Gasteiger partial charge in [-0.2, -0.15) is 13.2 Å². The van der Waals surface area contributed by atoms with Gasteiger partial charge in [0.15, 0.2) is 5.43 Å². The molecule has 10 heteroatoms. The summed E-state index contributed by atoms with van der Waals surface area (Å²) in [5.41, 5.74) is -1.12. The molecule has 0 N–H and O–H groups in total. The van der Waals surface area contributed by atoms with Gasteiger partial charge in [0.25, 0.3) is 0 Å². The van der Waals surface area contributed by atoms with E-state index in [-0.39, 0.29) is 17.8 Å². The molecule has 0 saturated carbocycles. The molecular formula is C20H12ClF6NO2. The van der Waals surface area contributed by atoms with Crippen LogP contribution in [0.25, 0.3) is 11.3 Å². The second kappa shape index (κ2) is 8.06. The number of benzene rings is 2. The molecule has 0 amide bonds. The van der Waals surface area contributed by atoms with E-state index in [1.165, 1.54) is 35.0 Å². The Kier molecular flexibility index (Phi) is 5.85. The highest BCUT2D eigenvalue weighted by Gasteiger charge is 2.34. The van der Waals surface area contributed by atoms with Crippen LogP contribution in [0.5, 0.6) is 5.75 Å². The smallest absolute Gasteiger partial charge is 0.406 e. The van der Waals surface area contributed by atoms with Gasteiger partial charge < -0.3 is 9.30 Å². The molecule has 1 aromatic heterocycles. The van der Waals surface area contributed by atoms with Crippen LogP contribution in [-0.4, -0.2) is 10.9 Å². The molecule has 0 atom stereocenters. The number of rotatable bonds is 4. The number of aromatic nitrogens is 1. The predicted octanol–water partition coefficient (Wildman–Crippen LogP) is 6.13. The molecule has 0 aliphatic rings. The van der Waals surface area contributed by atoms with Gasteiger partial charge in [0.2, 0.25) is 0 Å². The molecule has 3 aromatic rings. The van der Waals surface area contributed by atoms with Gasteiger partial charge in [0.1, 0.15) is 5.75 Å². The summed E-state index contributed by atoms with van der Waals surface area (Å²) >= 11 is 5.97. The van der Waals surface area contributed by atoms with E-state index in [0.717, 1.165) is 30.3 Å². The topological polar surface area (TPSA) is 31.2 Å². The molecule has 0 saturated heterocycles.